The zero-order valence-corrected chi connectivity index (χ0v) is 9.82. The molecular weight excluding hydrogens is 204 g/mol. The molecule has 0 aliphatic heterocycles. The monoisotopic (exact) mass is 222 g/mol. The van der Waals surface area contributed by atoms with Crippen LogP contribution in [-0.2, 0) is 4.79 Å². The van der Waals surface area contributed by atoms with Crippen molar-refractivity contribution in [3.05, 3.63) is 23.8 Å². The van der Waals surface area contributed by atoms with Gasteiger partial charge in [-0.2, -0.15) is 0 Å². The van der Waals surface area contributed by atoms with Crippen LogP contribution < -0.4 is 11.1 Å². The molecule has 4 heteroatoms. The standard InChI is InChI=1S/C12H18N2O2/c1-7(2)11(12(15)16)14-10-5-4-8(3)6-9(10)13/h4-7,11,14H,13H2,1-3H3,(H,15,16)/t11-/m1/s1. The number of hydrogen-bond donors (Lipinski definition) is 3. The Bertz CT molecular complexity index is 389. The van der Waals surface area contributed by atoms with E-state index in [2.05, 4.69) is 5.32 Å². The van der Waals surface area contributed by atoms with Crippen molar-refractivity contribution in [3.8, 4) is 0 Å². The maximum absolute atomic E-state index is 11.0. The van der Waals surface area contributed by atoms with Gasteiger partial charge < -0.3 is 16.2 Å². The highest BCUT2D eigenvalue weighted by molar-refractivity contribution is 5.80. The number of aliphatic carboxylic acids is 1. The van der Waals surface area contributed by atoms with Gasteiger partial charge in [0.25, 0.3) is 0 Å². The third-order valence-electron chi connectivity index (χ3n) is 2.45. The third-order valence-corrected chi connectivity index (χ3v) is 2.45. The summed E-state index contributed by atoms with van der Waals surface area (Å²) in [6.07, 6.45) is 0. The summed E-state index contributed by atoms with van der Waals surface area (Å²) in [5.74, 6) is -0.867. The maximum atomic E-state index is 11.0. The fourth-order valence-electron chi connectivity index (χ4n) is 1.49. The molecule has 0 unspecified atom stereocenters. The van der Waals surface area contributed by atoms with Gasteiger partial charge in [-0.1, -0.05) is 19.9 Å². The van der Waals surface area contributed by atoms with Crippen molar-refractivity contribution < 1.29 is 9.90 Å². The second-order valence-electron chi connectivity index (χ2n) is 4.29. The molecule has 0 fully saturated rings. The average molecular weight is 222 g/mol. The van der Waals surface area contributed by atoms with Crippen molar-refractivity contribution in [1.82, 2.24) is 0 Å². The lowest BCUT2D eigenvalue weighted by atomic mass is 10.0. The number of rotatable bonds is 4. The number of nitrogen functional groups attached to an aromatic ring is 1. The number of aryl methyl sites for hydroxylation is 1. The zero-order chi connectivity index (χ0) is 12.3. The number of carbonyl (C=O) groups is 1. The molecule has 16 heavy (non-hydrogen) atoms. The second kappa shape index (κ2) is 4.88. The van der Waals surface area contributed by atoms with E-state index in [-0.39, 0.29) is 5.92 Å². The fourth-order valence-corrected chi connectivity index (χ4v) is 1.49. The number of nitrogens with one attached hydrogen (secondary N) is 1. The van der Waals surface area contributed by atoms with E-state index in [0.717, 1.165) is 5.56 Å². The molecule has 0 aromatic heterocycles. The number of carboxylic acids is 1. The molecular formula is C12H18N2O2. The van der Waals surface area contributed by atoms with Crippen LogP contribution in [0.3, 0.4) is 0 Å². The quantitative estimate of drug-likeness (QED) is 0.682. The summed E-state index contributed by atoms with van der Waals surface area (Å²) in [7, 11) is 0. The van der Waals surface area contributed by atoms with Crippen LogP contribution >= 0.6 is 0 Å². The molecule has 0 saturated carbocycles. The van der Waals surface area contributed by atoms with Gasteiger partial charge in [-0.15, -0.1) is 0 Å². The summed E-state index contributed by atoms with van der Waals surface area (Å²) in [6.45, 7) is 5.66. The van der Waals surface area contributed by atoms with E-state index in [0.29, 0.717) is 11.4 Å². The van der Waals surface area contributed by atoms with E-state index < -0.39 is 12.0 Å². The lowest BCUT2D eigenvalue weighted by Crippen LogP contribution is -2.34. The molecule has 0 spiro atoms. The Kier molecular flexibility index (Phi) is 3.77. The highest BCUT2D eigenvalue weighted by Gasteiger charge is 2.21. The summed E-state index contributed by atoms with van der Waals surface area (Å²) in [5.41, 5.74) is 8.12. The van der Waals surface area contributed by atoms with Crippen molar-refractivity contribution in [3.63, 3.8) is 0 Å². The van der Waals surface area contributed by atoms with E-state index >= 15 is 0 Å². The Morgan fingerprint density at radius 3 is 2.50 bits per heavy atom. The van der Waals surface area contributed by atoms with Gasteiger partial charge in [-0.25, -0.2) is 4.79 Å². The summed E-state index contributed by atoms with van der Waals surface area (Å²) in [6, 6.07) is 4.91. The summed E-state index contributed by atoms with van der Waals surface area (Å²) in [5, 5.41) is 12.0. The number of anilines is 2. The van der Waals surface area contributed by atoms with Crippen LogP contribution in [0.2, 0.25) is 0 Å². The predicted molar refractivity (Wildman–Crippen MR) is 65.5 cm³/mol. The molecule has 88 valence electrons. The molecule has 0 saturated heterocycles. The Morgan fingerprint density at radius 2 is 2.06 bits per heavy atom. The first kappa shape index (κ1) is 12.4. The molecule has 1 aromatic rings. The molecule has 4 N–H and O–H groups in total. The highest BCUT2D eigenvalue weighted by Crippen LogP contribution is 2.21. The van der Waals surface area contributed by atoms with Crippen LogP contribution in [0, 0.1) is 12.8 Å². The van der Waals surface area contributed by atoms with E-state index in [1.54, 1.807) is 0 Å². The molecule has 1 rings (SSSR count). The van der Waals surface area contributed by atoms with Gasteiger partial charge in [-0.3, -0.25) is 0 Å². The minimum absolute atomic E-state index is 0.00166. The Hall–Kier alpha value is -1.71. The molecule has 0 aliphatic carbocycles. The summed E-state index contributed by atoms with van der Waals surface area (Å²) in [4.78, 5) is 11.0. The number of benzene rings is 1. The summed E-state index contributed by atoms with van der Waals surface area (Å²) < 4.78 is 0. The fraction of sp³-hybridized carbons (Fsp3) is 0.417. The molecule has 0 aliphatic rings. The molecule has 0 heterocycles. The van der Waals surface area contributed by atoms with Crippen LogP contribution in [-0.4, -0.2) is 17.1 Å². The molecule has 1 atom stereocenters. The van der Waals surface area contributed by atoms with Crippen LogP contribution in [0.25, 0.3) is 0 Å². The first-order valence-corrected chi connectivity index (χ1v) is 5.27. The third kappa shape index (κ3) is 2.89. The average Bonchev–Trinajstić information content (AvgIpc) is 2.15. The SMILES string of the molecule is Cc1ccc(N[C@@H](C(=O)O)C(C)C)c(N)c1. The van der Waals surface area contributed by atoms with E-state index in [1.807, 2.05) is 39.0 Å². The van der Waals surface area contributed by atoms with Gasteiger partial charge in [0, 0.05) is 0 Å². The Morgan fingerprint density at radius 1 is 1.44 bits per heavy atom. The van der Waals surface area contributed by atoms with Gasteiger partial charge in [0.05, 0.1) is 11.4 Å². The predicted octanol–water partition coefficient (Wildman–Crippen LogP) is 2.10. The van der Waals surface area contributed by atoms with Crippen LogP contribution in [0.1, 0.15) is 19.4 Å². The van der Waals surface area contributed by atoms with Crippen LogP contribution in [0.5, 0.6) is 0 Å². The van der Waals surface area contributed by atoms with Crippen molar-refractivity contribution in [2.75, 3.05) is 11.1 Å². The van der Waals surface area contributed by atoms with Gasteiger partial charge in [0.15, 0.2) is 0 Å². The lowest BCUT2D eigenvalue weighted by molar-refractivity contribution is -0.138. The van der Waals surface area contributed by atoms with Crippen molar-refractivity contribution >= 4 is 17.3 Å². The van der Waals surface area contributed by atoms with E-state index in [9.17, 15) is 4.79 Å². The van der Waals surface area contributed by atoms with Gasteiger partial charge in [0.1, 0.15) is 6.04 Å². The molecule has 4 nitrogen and oxygen atoms in total. The van der Waals surface area contributed by atoms with Crippen molar-refractivity contribution in [1.29, 1.82) is 0 Å². The molecule has 0 amide bonds. The Balaban J connectivity index is 2.90. The molecule has 0 radical (unpaired) electrons. The minimum Gasteiger partial charge on any atom is -0.480 e. The van der Waals surface area contributed by atoms with Crippen LogP contribution in [0.15, 0.2) is 18.2 Å². The molecule has 1 aromatic carbocycles. The first-order valence-electron chi connectivity index (χ1n) is 5.27. The topological polar surface area (TPSA) is 75.3 Å². The summed E-state index contributed by atoms with van der Waals surface area (Å²) >= 11 is 0. The first-order chi connectivity index (χ1) is 7.41. The minimum atomic E-state index is -0.866. The van der Waals surface area contributed by atoms with E-state index in [4.69, 9.17) is 10.8 Å². The number of nitrogens with two attached hydrogens (primary N) is 1. The molecule has 0 bridgehead atoms. The van der Waals surface area contributed by atoms with Crippen molar-refractivity contribution in [2.24, 2.45) is 5.92 Å². The highest BCUT2D eigenvalue weighted by atomic mass is 16.4. The maximum Gasteiger partial charge on any atom is 0.326 e. The van der Waals surface area contributed by atoms with E-state index in [1.165, 1.54) is 0 Å². The number of carboxylic acid groups (broad SMARTS) is 1. The largest absolute Gasteiger partial charge is 0.480 e. The normalized spacial score (nSPS) is 12.5. The van der Waals surface area contributed by atoms with Crippen molar-refractivity contribution in [2.45, 2.75) is 26.8 Å². The number of hydrogen-bond acceptors (Lipinski definition) is 3. The van der Waals surface area contributed by atoms with Gasteiger partial charge >= 0.3 is 5.97 Å². The van der Waals surface area contributed by atoms with Gasteiger partial charge in [-0.05, 0) is 30.5 Å². The second-order valence-corrected chi connectivity index (χ2v) is 4.29. The lowest BCUT2D eigenvalue weighted by Gasteiger charge is -2.20. The zero-order valence-electron chi connectivity index (χ0n) is 9.82. The van der Waals surface area contributed by atoms with Crippen LogP contribution in [0.4, 0.5) is 11.4 Å². The van der Waals surface area contributed by atoms with Gasteiger partial charge in [0.2, 0.25) is 0 Å². The smallest absolute Gasteiger partial charge is 0.326 e. The Labute approximate surface area is 95.5 Å².